The summed E-state index contributed by atoms with van der Waals surface area (Å²) in [5, 5.41) is 0. The van der Waals surface area contributed by atoms with Gasteiger partial charge in [-0.05, 0) is 33.8 Å². The molecule has 186 valence electrons. The molecule has 0 unspecified atom stereocenters. The first-order valence-corrected chi connectivity index (χ1v) is 14.8. The molecule has 2 aromatic carbocycles. The van der Waals surface area contributed by atoms with Crippen molar-refractivity contribution in [2.24, 2.45) is 0 Å². The molecule has 0 aliphatic carbocycles. The summed E-state index contributed by atoms with van der Waals surface area (Å²) in [6.45, 7) is 15.4. The monoisotopic (exact) mass is 482 g/mol. The highest BCUT2D eigenvalue weighted by Gasteiger charge is 2.49. The summed E-state index contributed by atoms with van der Waals surface area (Å²) < 4.78 is 25.8. The van der Waals surface area contributed by atoms with Crippen LogP contribution in [0.5, 0.6) is 0 Å². The number of rotatable bonds is 12. The van der Waals surface area contributed by atoms with Gasteiger partial charge in [-0.2, -0.15) is 0 Å². The van der Waals surface area contributed by atoms with Gasteiger partial charge in [0.05, 0.1) is 32.2 Å². The lowest BCUT2D eigenvalue weighted by Crippen LogP contribution is -2.55. The molecule has 0 fully saturated rings. The number of hydrogen-bond acceptors (Lipinski definition) is 4. The van der Waals surface area contributed by atoms with E-state index < -0.39 is 8.32 Å². The average Bonchev–Trinajstić information content (AvgIpc) is 2.82. The summed E-state index contributed by atoms with van der Waals surface area (Å²) in [6.07, 6.45) is 3.17. The van der Waals surface area contributed by atoms with Crippen molar-refractivity contribution in [1.82, 2.24) is 0 Å². The van der Waals surface area contributed by atoms with Crippen molar-refractivity contribution in [3.8, 4) is 0 Å². The van der Waals surface area contributed by atoms with Crippen LogP contribution in [0.2, 0.25) is 16.6 Å². The maximum Gasteiger partial charge on any atom is 0.201 e. The van der Waals surface area contributed by atoms with Gasteiger partial charge in [0.2, 0.25) is 8.32 Å². The zero-order valence-corrected chi connectivity index (χ0v) is 22.6. The van der Waals surface area contributed by atoms with Gasteiger partial charge in [-0.15, -0.1) is 0 Å². The minimum absolute atomic E-state index is 0.165. The normalized spacial score (nSPS) is 20.8. The van der Waals surface area contributed by atoms with E-state index in [1.54, 1.807) is 6.26 Å². The molecule has 2 aromatic rings. The van der Waals surface area contributed by atoms with Gasteiger partial charge in [0.1, 0.15) is 12.2 Å². The van der Waals surface area contributed by atoms with E-state index in [-0.39, 0.29) is 18.3 Å². The summed E-state index contributed by atoms with van der Waals surface area (Å²) >= 11 is 0. The summed E-state index contributed by atoms with van der Waals surface area (Å²) in [5.41, 5.74) is 3.76. The fourth-order valence-electron chi connectivity index (χ4n) is 5.34. The van der Waals surface area contributed by atoms with Crippen LogP contribution in [-0.2, 0) is 31.9 Å². The van der Waals surface area contributed by atoms with E-state index in [1.165, 1.54) is 0 Å². The van der Waals surface area contributed by atoms with Crippen LogP contribution in [0.25, 0.3) is 0 Å². The molecular weight excluding hydrogens is 440 g/mol. The average molecular weight is 483 g/mol. The lowest BCUT2D eigenvalue weighted by Gasteiger charge is -2.47. The summed E-state index contributed by atoms with van der Waals surface area (Å²) in [6, 6.07) is 20.5. The third-order valence-electron chi connectivity index (χ3n) is 6.94. The second-order valence-corrected chi connectivity index (χ2v) is 15.6. The highest BCUT2D eigenvalue weighted by Crippen LogP contribution is 2.44. The van der Waals surface area contributed by atoms with Crippen molar-refractivity contribution >= 4 is 8.32 Å². The Bertz CT molecular complexity index is 844. The second-order valence-electron chi connectivity index (χ2n) is 10.2. The third-order valence-corrected chi connectivity index (χ3v) is 13.0. The van der Waals surface area contributed by atoms with E-state index in [0.717, 1.165) is 11.1 Å². The topological polar surface area (TPSA) is 36.9 Å². The molecule has 0 N–H and O–H groups in total. The number of hydrogen-bond donors (Lipinski definition) is 0. The van der Waals surface area contributed by atoms with Gasteiger partial charge in [-0.25, -0.2) is 0 Å². The molecule has 3 atom stereocenters. The maximum atomic E-state index is 7.15. The van der Waals surface area contributed by atoms with E-state index in [2.05, 4.69) is 65.8 Å². The first-order valence-electron chi connectivity index (χ1n) is 12.6. The maximum absolute atomic E-state index is 7.15. The van der Waals surface area contributed by atoms with Gasteiger partial charge in [0, 0.05) is 0 Å². The van der Waals surface area contributed by atoms with Crippen LogP contribution < -0.4 is 0 Å². The van der Waals surface area contributed by atoms with Gasteiger partial charge in [0.15, 0.2) is 0 Å². The Hall–Kier alpha value is -1.92. The third kappa shape index (κ3) is 6.60. The summed E-state index contributed by atoms with van der Waals surface area (Å²) in [5.74, 6) is 0. The van der Waals surface area contributed by atoms with E-state index in [9.17, 15) is 0 Å². The molecule has 5 heteroatoms. The molecule has 1 aliphatic rings. The lowest BCUT2D eigenvalue weighted by molar-refractivity contribution is -0.127. The Morgan fingerprint density at radius 2 is 1.29 bits per heavy atom. The highest BCUT2D eigenvalue weighted by atomic mass is 28.4. The fraction of sp³-hybridized carbons (Fsp3) is 0.517. The molecular formula is C29H42O4Si. The van der Waals surface area contributed by atoms with Crippen molar-refractivity contribution in [1.29, 1.82) is 0 Å². The molecule has 0 saturated carbocycles. The quantitative estimate of drug-likeness (QED) is 0.298. The molecule has 1 aliphatic heterocycles. The minimum Gasteiger partial charge on any atom is -0.493 e. The van der Waals surface area contributed by atoms with E-state index in [4.69, 9.17) is 18.6 Å². The first kappa shape index (κ1) is 26.7. The second kappa shape index (κ2) is 12.7. The van der Waals surface area contributed by atoms with Crippen molar-refractivity contribution in [2.75, 3.05) is 6.61 Å². The van der Waals surface area contributed by atoms with Crippen LogP contribution in [0.1, 0.15) is 52.7 Å². The Balaban J connectivity index is 1.78. The van der Waals surface area contributed by atoms with Gasteiger partial charge in [0.25, 0.3) is 0 Å². The molecule has 3 rings (SSSR count). The first-order chi connectivity index (χ1) is 16.3. The van der Waals surface area contributed by atoms with Crippen LogP contribution in [0.15, 0.2) is 73.0 Å². The Morgan fingerprint density at radius 1 is 0.765 bits per heavy atom. The zero-order chi connectivity index (χ0) is 24.6. The van der Waals surface area contributed by atoms with Gasteiger partial charge in [-0.1, -0.05) is 102 Å². The largest absolute Gasteiger partial charge is 0.493 e. The van der Waals surface area contributed by atoms with Crippen LogP contribution in [-0.4, -0.2) is 33.2 Å². The molecule has 0 spiro atoms. The highest BCUT2D eigenvalue weighted by molar-refractivity contribution is 6.77. The van der Waals surface area contributed by atoms with Crippen molar-refractivity contribution in [3.05, 3.63) is 84.1 Å². The van der Waals surface area contributed by atoms with Crippen LogP contribution in [0, 0.1) is 0 Å². The fourth-order valence-corrected chi connectivity index (χ4v) is 10.8. The molecule has 0 saturated heterocycles. The van der Waals surface area contributed by atoms with E-state index in [0.29, 0.717) is 36.4 Å². The smallest absolute Gasteiger partial charge is 0.201 e. The summed E-state index contributed by atoms with van der Waals surface area (Å²) in [4.78, 5) is 0. The van der Waals surface area contributed by atoms with Crippen molar-refractivity contribution < 1.29 is 18.6 Å². The van der Waals surface area contributed by atoms with Gasteiger partial charge in [-0.3, -0.25) is 0 Å². The van der Waals surface area contributed by atoms with E-state index >= 15 is 0 Å². The molecule has 0 aromatic heterocycles. The SMILES string of the molecule is CC(C)[Si](O[C@@H]1C=CO[C@H](COCc2ccccc2)[C@@H]1OCc1ccccc1)(C(C)C)C(C)C. The molecule has 4 nitrogen and oxygen atoms in total. The molecule has 1 heterocycles. The lowest BCUT2D eigenvalue weighted by atomic mass is 10.1. The number of ether oxygens (including phenoxy) is 3. The minimum atomic E-state index is -2.11. The van der Waals surface area contributed by atoms with E-state index in [1.807, 2.05) is 42.5 Å². The van der Waals surface area contributed by atoms with Gasteiger partial charge >= 0.3 is 0 Å². The molecule has 0 bridgehead atoms. The summed E-state index contributed by atoms with van der Waals surface area (Å²) in [7, 11) is -2.11. The molecule has 0 radical (unpaired) electrons. The number of benzene rings is 2. The Morgan fingerprint density at radius 3 is 1.82 bits per heavy atom. The van der Waals surface area contributed by atoms with Gasteiger partial charge < -0.3 is 18.6 Å². The van der Waals surface area contributed by atoms with Crippen LogP contribution in [0.4, 0.5) is 0 Å². The van der Waals surface area contributed by atoms with Crippen LogP contribution in [0.3, 0.4) is 0 Å². The van der Waals surface area contributed by atoms with Crippen molar-refractivity contribution in [3.63, 3.8) is 0 Å². The Kier molecular flexibility index (Phi) is 9.95. The van der Waals surface area contributed by atoms with Crippen LogP contribution >= 0.6 is 0 Å². The molecule has 34 heavy (non-hydrogen) atoms. The Labute approximate surface area is 207 Å². The predicted molar refractivity (Wildman–Crippen MR) is 141 cm³/mol. The molecule has 0 amide bonds. The van der Waals surface area contributed by atoms with Crippen molar-refractivity contribution in [2.45, 2.75) is 89.7 Å². The predicted octanol–water partition coefficient (Wildman–Crippen LogP) is 7.26. The standard InChI is InChI=1S/C29H42O4Si/c1-22(2)34(23(3)4,24(5)6)33-27-17-18-31-28(21-30-19-25-13-9-7-10-14-25)29(27)32-20-26-15-11-8-12-16-26/h7-18,22-24,27-29H,19-21H2,1-6H3/t27-,28-,29-/m1/s1. The zero-order valence-electron chi connectivity index (χ0n) is 21.6.